The predicted octanol–water partition coefficient (Wildman–Crippen LogP) is 2.47. The summed E-state index contributed by atoms with van der Waals surface area (Å²) in [6, 6.07) is 12.0. The maximum Gasteiger partial charge on any atom is 0.241 e. The van der Waals surface area contributed by atoms with E-state index in [-0.39, 0.29) is 5.69 Å². The first-order chi connectivity index (χ1) is 9.58. The van der Waals surface area contributed by atoms with Crippen LogP contribution in [0.4, 0.5) is 14.5 Å². The molecule has 2 aromatic rings. The molecule has 20 heavy (non-hydrogen) atoms. The fraction of sp³-hybridized carbons (Fsp3) is 0.133. The van der Waals surface area contributed by atoms with Gasteiger partial charge in [-0.25, -0.2) is 8.78 Å². The molecule has 0 heterocycles. The standard InChI is InChI=1S/C15H14F2N2O/c16-11-7-4-8-13(14(11)17)19-15(20)12(18)9-10-5-2-1-3-6-10/h1-8,12H,9,18H2,(H,19,20)/t12-/m1/s1. The van der Waals surface area contributed by atoms with Gasteiger partial charge in [-0.05, 0) is 24.1 Å². The van der Waals surface area contributed by atoms with E-state index in [9.17, 15) is 13.6 Å². The lowest BCUT2D eigenvalue weighted by Gasteiger charge is -2.13. The van der Waals surface area contributed by atoms with Gasteiger partial charge in [0, 0.05) is 0 Å². The van der Waals surface area contributed by atoms with Crippen LogP contribution in [0.1, 0.15) is 5.56 Å². The second-order valence-corrected chi connectivity index (χ2v) is 4.39. The third-order valence-corrected chi connectivity index (χ3v) is 2.84. The number of nitrogens with two attached hydrogens (primary N) is 1. The minimum Gasteiger partial charge on any atom is -0.322 e. The fourth-order valence-corrected chi connectivity index (χ4v) is 1.79. The van der Waals surface area contributed by atoms with Gasteiger partial charge in [0.05, 0.1) is 11.7 Å². The van der Waals surface area contributed by atoms with Crippen molar-refractivity contribution >= 4 is 11.6 Å². The largest absolute Gasteiger partial charge is 0.322 e. The molecule has 0 fully saturated rings. The van der Waals surface area contributed by atoms with Crippen LogP contribution in [0.5, 0.6) is 0 Å². The Balaban J connectivity index is 2.03. The second kappa shape index (κ2) is 6.25. The first kappa shape index (κ1) is 14.1. The van der Waals surface area contributed by atoms with Gasteiger partial charge in [0.1, 0.15) is 0 Å². The zero-order chi connectivity index (χ0) is 14.5. The van der Waals surface area contributed by atoms with Crippen LogP contribution in [-0.2, 0) is 11.2 Å². The van der Waals surface area contributed by atoms with Crippen LogP contribution in [-0.4, -0.2) is 11.9 Å². The Kier molecular flexibility index (Phi) is 4.42. The molecule has 0 aliphatic carbocycles. The lowest BCUT2D eigenvalue weighted by atomic mass is 10.1. The Hall–Kier alpha value is -2.27. The normalized spacial score (nSPS) is 11.9. The van der Waals surface area contributed by atoms with Crippen molar-refractivity contribution < 1.29 is 13.6 Å². The van der Waals surface area contributed by atoms with Crippen molar-refractivity contribution in [2.24, 2.45) is 5.73 Å². The highest BCUT2D eigenvalue weighted by Crippen LogP contribution is 2.16. The molecule has 0 aliphatic heterocycles. The first-order valence-corrected chi connectivity index (χ1v) is 6.12. The zero-order valence-electron chi connectivity index (χ0n) is 10.6. The van der Waals surface area contributed by atoms with Crippen LogP contribution < -0.4 is 11.1 Å². The number of benzene rings is 2. The van der Waals surface area contributed by atoms with Crippen LogP contribution in [0.25, 0.3) is 0 Å². The molecule has 5 heteroatoms. The maximum atomic E-state index is 13.4. The number of carbonyl (C=O) groups excluding carboxylic acids is 1. The van der Waals surface area contributed by atoms with Crippen molar-refractivity contribution in [3.63, 3.8) is 0 Å². The van der Waals surface area contributed by atoms with E-state index >= 15 is 0 Å². The monoisotopic (exact) mass is 276 g/mol. The van der Waals surface area contributed by atoms with Gasteiger partial charge in [-0.3, -0.25) is 4.79 Å². The average Bonchev–Trinajstić information content (AvgIpc) is 2.45. The molecule has 0 aliphatic rings. The number of carbonyl (C=O) groups is 1. The Morgan fingerprint density at radius 2 is 1.80 bits per heavy atom. The van der Waals surface area contributed by atoms with Crippen LogP contribution in [0.3, 0.4) is 0 Å². The van der Waals surface area contributed by atoms with Gasteiger partial charge in [0.25, 0.3) is 0 Å². The maximum absolute atomic E-state index is 13.4. The lowest BCUT2D eigenvalue weighted by molar-refractivity contribution is -0.117. The first-order valence-electron chi connectivity index (χ1n) is 6.12. The topological polar surface area (TPSA) is 55.1 Å². The average molecular weight is 276 g/mol. The molecule has 2 aromatic carbocycles. The molecule has 0 spiro atoms. The van der Waals surface area contributed by atoms with E-state index in [1.807, 2.05) is 30.3 Å². The van der Waals surface area contributed by atoms with Gasteiger partial charge in [-0.15, -0.1) is 0 Å². The molecule has 0 aromatic heterocycles. The highest BCUT2D eigenvalue weighted by Gasteiger charge is 2.17. The van der Waals surface area contributed by atoms with Crippen molar-refractivity contribution in [1.82, 2.24) is 0 Å². The van der Waals surface area contributed by atoms with Crippen LogP contribution >= 0.6 is 0 Å². The molecule has 1 amide bonds. The van der Waals surface area contributed by atoms with E-state index in [4.69, 9.17) is 5.73 Å². The summed E-state index contributed by atoms with van der Waals surface area (Å²) >= 11 is 0. The summed E-state index contributed by atoms with van der Waals surface area (Å²) in [5.41, 5.74) is 6.45. The molecule has 104 valence electrons. The Morgan fingerprint density at radius 1 is 1.10 bits per heavy atom. The smallest absolute Gasteiger partial charge is 0.241 e. The highest BCUT2D eigenvalue weighted by atomic mass is 19.2. The van der Waals surface area contributed by atoms with Crippen molar-refractivity contribution in [1.29, 1.82) is 0 Å². The predicted molar refractivity (Wildman–Crippen MR) is 73.1 cm³/mol. The minimum atomic E-state index is -1.09. The highest BCUT2D eigenvalue weighted by molar-refractivity contribution is 5.94. The molecule has 0 radical (unpaired) electrons. The number of amides is 1. The molecule has 2 rings (SSSR count). The summed E-state index contributed by atoms with van der Waals surface area (Å²) in [4.78, 5) is 11.9. The number of hydrogen-bond acceptors (Lipinski definition) is 2. The molecule has 0 saturated heterocycles. The summed E-state index contributed by atoms with van der Waals surface area (Å²) in [6.45, 7) is 0. The van der Waals surface area contributed by atoms with Crippen molar-refractivity contribution in [2.45, 2.75) is 12.5 Å². The Morgan fingerprint density at radius 3 is 2.50 bits per heavy atom. The second-order valence-electron chi connectivity index (χ2n) is 4.39. The van der Waals surface area contributed by atoms with Crippen LogP contribution in [0.2, 0.25) is 0 Å². The van der Waals surface area contributed by atoms with Gasteiger partial charge in [-0.1, -0.05) is 36.4 Å². The van der Waals surface area contributed by atoms with E-state index in [1.165, 1.54) is 12.1 Å². The minimum absolute atomic E-state index is 0.210. The van der Waals surface area contributed by atoms with Crippen LogP contribution in [0.15, 0.2) is 48.5 Å². The Bertz CT molecular complexity index is 602. The lowest BCUT2D eigenvalue weighted by Crippen LogP contribution is -2.37. The van der Waals surface area contributed by atoms with Gasteiger partial charge in [-0.2, -0.15) is 0 Å². The van der Waals surface area contributed by atoms with Gasteiger partial charge in [0.2, 0.25) is 5.91 Å². The summed E-state index contributed by atoms with van der Waals surface area (Å²) in [6.07, 6.45) is 0.323. The number of nitrogens with one attached hydrogen (secondary N) is 1. The van der Waals surface area contributed by atoms with E-state index < -0.39 is 23.6 Å². The number of halogens is 2. The summed E-state index contributed by atoms with van der Waals surface area (Å²) in [5.74, 6) is -2.66. The molecule has 1 atom stereocenters. The third-order valence-electron chi connectivity index (χ3n) is 2.84. The van der Waals surface area contributed by atoms with Gasteiger partial charge in [0.15, 0.2) is 11.6 Å². The van der Waals surface area contributed by atoms with E-state index in [0.717, 1.165) is 11.6 Å². The molecular weight excluding hydrogens is 262 g/mol. The Labute approximate surface area is 115 Å². The third kappa shape index (κ3) is 3.39. The molecule has 0 bridgehead atoms. The van der Waals surface area contributed by atoms with E-state index in [1.54, 1.807) is 0 Å². The van der Waals surface area contributed by atoms with E-state index in [2.05, 4.69) is 5.32 Å². The molecule has 3 N–H and O–H groups in total. The quantitative estimate of drug-likeness (QED) is 0.901. The SMILES string of the molecule is N[C@H](Cc1ccccc1)C(=O)Nc1cccc(F)c1F. The van der Waals surface area contributed by atoms with E-state index in [0.29, 0.717) is 6.42 Å². The number of anilines is 1. The molecule has 3 nitrogen and oxygen atoms in total. The van der Waals surface area contributed by atoms with Crippen molar-refractivity contribution in [3.8, 4) is 0 Å². The van der Waals surface area contributed by atoms with Gasteiger partial charge < -0.3 is 11.1 Å². The van der Waals surface area contributed by atoms with Crippen molar-refractivity contribution in [3.05, 3.63) is 65.7 Å². The summed E-state index contributed by atoms with van der Waals surface area (Å²) < 4.78 is 26.4. The van der Waals surface area contributed by atoms with Crippen molar-refractivity contribution in [2.75, 3.05) is 5.32 Å². The molecule has 0 unspecified atom stereocenters. The zero-order valence-corrected chi connectivity index (χ0v) is 10.6. The molecule has 0 saturated carbocycles. The molecular formula is C15H14F2N2O. The van der Waals surface area contributed by atoms with Crippen LogP contribution in [0, 0.1) is 11.6 Å². The summed E-state index contributed by atoms with van der Waals surface area (Å²) in [5, 5.41) is 2.29. The fourth-order valence-electron chi connectivity index (χ4n) is 1.79. The number of rotatable bonds is 4. The van der Waals surface area contributed by atoms with Gasteiger partial charge >= 0.3 is 0 Å². The number of hydrogen-bond donors (Lipinski definition) is 2. The summed E-state index contributed by atoms with van der Waals surface area (Å²) in [7, 11) is 0.